The van der Waals surface area contributed by atoms with Crippen LogP contribution in [0.1, 0.15) is 31.8 Å². The van der Waals surface area contributed by atoms with Crippen LogP contribution >= 0.6 is 0 Å². The van der Waals surface area contributed by atoms with Gasteiger partial charge >= 0.3 is 5.91 Å². The zero-order valence-corrected chi connectivity index (χ0v) is 17.7. The molecule has 1 aromatic heterocycles. The van der Waals surface area contributed by atoms with E-state index in [-0.39, 0.29) is 5.56 Å². The molecule has 0 radical (unpaired) electrons. The number of Topliss-reactive ketones (excluding diaryl/α,β-unsaturated/α-hetero) is 1. The number of fused-ring (bicyclic) bond motifs is 1. The quantitative estimate of drug-likeness (QED) is 0.293. The minimum Gasteiger partial charge on any atom is -0.283 e. The van der Waals surface area contributed by atoms with Gasteiger partial charge in [-0.25, -0.2) is 4.98 Å². The normalized spacial score (nSPS) is 10.6. The Morgan fingerprint density at radius 3 is 2.06 bits per heavy atom. The zero-order chi connectivity index (χ0) is 22.7. The Balaban J connectivity index is 1.58. The number of rotatable bonds is 4. The summed E-state index contributed by atoms with van der Waals surface area (Å²) in [6, 6.07) is 23.4. The third-order valence-corrected chi connectivity index (χ3v) is 5.12. The minimum absolute atomic E-state index is 0.248. The van der Waals surface area contributed by atoms with Crippen molar-refractivity contribution in [3.63, 3.8) is 0 Å². The van der Waals surface area contributed by atoms with Crippen LogP contribution < -0.4 is 10.9 Å². The van der Waals surface area contributed by atoms with Crippen LogP contribution in [0.3, 0.4) is 0 Å². The molecule has 0 saturated heterocycles. The molecular formula is C26H21N3O3. The molecule has 0 aliphatic rings. The number of nitrogens with one attached hydrogen (secondary N) is 2. The number of ketones is 1. The highest BCUT2D eigenvalue weighted by molar-refractivity contribution is 6.42. The van der Waals surface area contributed by atoms with Crippen molar-refractivity contribution in [3.05, 3.63) is 101 Å². The molecule has 0 atom stereocenters. The second-order valence-electron chi connectivity index (χ2n) is 7.54. The number of benzene rings is 3. The van der Waals surface area contributed by atoms with Gasteiger partial charge in [0.1, 0.15) is 0 Å². The van der Waals surface area contributed by atoms with Crippen LogP contribution in [-0.4, -0.2) is 22.6 Å². The van der Waals surface area contributed by atoms with E-state index in [0.717, 1.165) is 16.7 Å². The highest BCUT2D eigenvalue weighted by Gasteiger charge is 2.19. The van der Waals surface area contributed by atoms with Gasteiger partial charge in [0.15, 0.2) is 0 Å². The number of carbonyl (C=O) groups is 3. The summed E-state index contributed by atoms with van der Waals surface area (Å²) in [4.78, 5) is 42.2. The van der Waals surface area contributed by atoms with E-state index in [0.29, 0.717) is 22.2 Å². The number of para-hydroxylation sites is 1. The van der Waals surface area contributed by atoms with Crippen molar-refractivity contribution in [3.8, 4) is 11.3 Å². The zero-order valence-electron chi connectivity index (χ0n) is 17.7. The molecule has 1 heterocycles. The molecular weight excluding hydrogens is 402 g/mol. The number of hydrazine groups is 1. The maximum atomic E-state index is 12.9. The number of amides is 2. The van der Waals surface area contributed by atoms with Gasteiger partial charge in [-0.15, -0.1) is 0 Å². The summed E-state index contributed by atoms with van der Waals surface area (Å²) >= 11 is 0. The minimum atomic E-state index is -0.917. The van der Waals surface area contributed by atoms with Crippen LogP contribution in [0.4, 0.5) is 0 Å². The molecule has 158 valence electrons. The van der Waals surface area contributed by atoms with Gasteiger partial charge in [0.2, 0.25) is 0 Å². The molecule has 2 N–H and O–H groups in total. The molecule has 0 unspecified atom stereocenters. The van der Waals surface area contributed by atoms with E-state index in [4.69, 9.17) is 0 Å². The van der Waals surface area contributed by atoms with Crippen LogP contribution in [0.15, 0.2) is 78.9 Å². The average Bonchev–Trinajstić information content (AvgIpc) is 2.82. The van der Waals surface area contributed by atoms with Crippen LogP contribution in [0.25, 0.3) is 22.2 Å². The highest BCUT2D eigenvalue weighted by atomic mass is 16.2. The van der Waals surface area contributed by atoms with Crippen molar-refractivity contribution < 1.29 is 14.4 Å². The van der Waals surface area contributed by atoms with Crippen molar-refractivity contribution in [1.29, 1.82) is 0 Å². The van der Waals surface area contributed by atoms with Crippen molar-refractivity contribution in [2.75, 3.05) is 0 Å². The highest BCUT2D eigenvalue weighted by Crippen LogP contribution is 2.25. The van der Waals surface area contributed by atoms with Gasteiger partial charge in [0, 0.05) is 16.5 Å². The van der Waals surface area contributed by atoms with E-state index >= 15 is 0 Å². The number of hydrogen-bond acceptors (Lipinski definition) is 4. The number of aromatic nitrogens is 1. The summed E-state index contributed by atoms with van der Waals surface area (Å²) in [5.74, 6) is -2.19. The SMILES string of the molecule is Cc1ccc(C(=O)C(=O)NNC(=O)c2cc(-c3ccc(C)cc3)nc3ccccc23)cc1. The third kappa shape index (κ3) is 4.39. The summed E-state index contributed by atoms with van der Waals surface area (Å²) in [7, 11) is 0. The first kappa shape index (κ1) is 20.9. The van der Waals surface area contributed by atoms with Crippen molar-refractivity contribution in [2.45, 2.75) is 13.8 Å². The second kappa shape index (κ2) is 8.81. The first-order valence-corrected chi connectivity index (χ1v) is 10.1. The van der Waals surface area contributed by atoms with E-state index in [2.05, 4.69) is 15.8 Å². The number of nitrogens with zero attached hydrogens (tertiary/aromatic N) is 1. The summed E-state index contributed by atoms with van der Waals surface area (Å²) in [5.41, 5.74) is 9.41. The Kier molecular flexibility index (Phi) is 5.77. The molecule has 4 rings (SSSR count). The largest absolute Gasteiger partial charge is 0.310 e. The smallest absolute Gasteiger partial charge is 0.283 e. The lowest BCUT2D eigenvalue weighted by molar-refractivity contribution is -0.117. The van der Waals surface area contributed by atoms with Crippen molar-refractivity contribution >= 4 is 28.5 Å². The Morgan fingerprint density at radius 2 is 1.38 bits per heavy atom. The molecule has 0 spiro atoms. The van der Waals surface area contributed by atoms with E-state index < -0.39 is 17.6 Å². The maximum Gasteiger partial charge on any atom is 0.310 e. The van der Waals surface area contributed by atoms with Crippen LogP contribution in [0, 0.1) is 13.8 Å². The fourth-order valence-corrected chi connectivity index (χ4v) is 3.31. The standard InChI is InChI=1S/C26H21N3O3/c1-16-7-11-18(12-8-16)23-15-21(20-5-3-4-6-22(20)27-23)25(31)28-29-26(32)24(30)19-13-9-17(2)10-14-19/h3-15H,1-2H3,(H,28,31)(H,29,32). The van der Waals surface area contributed by atoms with E-state index in [1.54, 1.807) is 36.4 Å². The van der Waals surface area contributed by atoms with Gasteiger partial charge in [-0.05, 0) is 26.0 Å². The summed E-state index contributed by atoms with van der Waals surface area (Å²) in [5, 5.41) is 0.639. The lowest BCUT2D eigenvalue weighted by atomic mass is 10.0. The molecule has 6 nitrogen and oxygen atoms in total. The lowest BCUT2D eigenvalue weighted by Gasteiger charge is -2.11. The van der Waals surface area contributed by atoms with Gasteiger partial charge in [0.25, 0.3) is 11.7 Å². The first-order chi connectivity index (χ1) is 15.4. The van der Waals surface area contributed by atoms with E-state index in [1.807, 2.05) is 56.3 Å². The van der Waals surface area contributed by atoms with Crippen molar-refractivity contribution in [1.82, 2.24) is 15.8 Å². The summed E-state index contributed by atoms with van der Waals surface area (Å²) in [6.45, 7) is 3.88. The second-order valence-corrected chi connectivity index (χ2v) is 7.54. The molecule has 6 heteroatoms. The summed E-state index contributed by atoms with van der Waals surface area (Å²) < 4.78 is 0. The molecule has 4 aromatic rings. The third-order valence-electron chi connectivity index (χ3n) is 5.12. The molecule has 0 fully saturated rings. The Morgan fingerprint density at radius 1 is 0.750 bits per heavy atom. The number of pyridine rings is 1. The van der Waals surface area contributed by atoms with Gasteiger partial charge in [-0.1, -0.05) is 77.9 Å². The van der Waals surface area contributed by atoms with Crippen molar-refractivity contribution in [2.24, 2.45) is 0 Å². The lowest BCUT2D eigenvalue weighted by Crippen LogP contribution is -2.45. The van der Waals surface area contributed by atoms with Gasteiger partial charge in [0.05, 0.1) is 16.8 Å². The Labute approximate surface area is 185 Å². The van der Waals surface area contributed by atoms with Crippen LogP contribution in [-0.2, 0) is 4.79 Å². The molecule has 0 aliphatic carbocycles. The van der Waals surface area contributed by atoms with E-state index in [9.17, 15) is 14.4 Å². The fourth-order valence-electron chi connectivity index (χ4n) is 3.31. The predicted molar refractivity (Wildman–Crippen MR) is 123 cm³/mol. The molecule has 2 amide bonds. The fraction of sp³-hybridized carbons (Fsp3) is 0.0769. The van der Waals surface area contributed by atoms with Gasteiger partial charge in [-0.2, -0.15) is 0 Å². The molecule has 3 aromatic carbocycles. The Hall–Kier alpha value is -4.32. The maximum absolute atomic E-state index is 12.9. The molecule has 0 saturated carbocycles. The van der Waals surface area contributed by atoms with Gasteiger partial charge < -0.3 is 0 Å². The number of hydrogen-bond donors (Lipinski definition) is 2. The van der Waals surface area contributed by atoms with Crippen LogP contribution in [0.2, 0.25) is 0 Å². The topological polar surface area (TPSA) is 88.2 Å². The summed E-state index contributed by atoms with van der Waals surface area (Å²) in [6.07, 6.45) is 0. The molecule has 0 bridgehead atoms. The monoisotopic (exact) mass is 423 g/mol. The Bertz CT molecular complexity index is 1330. The van der Waals surface area contributed by atoms with Crippen LogP contribution in [0.5, 0.6) is 0 Å². The molecule has 0 aliphatic heterocycles. The van der Waals surface area contributed by atoms with E-state index in [1.165, 1.54) is 0 Å². The number of aryl methyl sites for hydroxylation is 2. The predicted octanol–water partition coefficient (Wildman–Crippen LogP) is 4.16. The number of carbonyl (C=O) groups excluding carboxylic acids is 3. The average molecular weight is 423 g/mol. The first-order valence-electron chi connectivity index (χ1n) is 10.1. The molecule has 32 heavy (non-hydrogen) atoms. The van der Waals surface area contributed by atoms with Gasteiger partial charge in [-0.3, -0.25) is 25.2 Å².